The van der Waals surface area contributed by atoms with Gasteiger partial charge in [-0.2, -0.15) is 4.98 Å². The third-order valence-corrected chi connectivity index (χ3v) is 17.4. The van der Waals surface area contributed by atoms with Crippen molar-refractivity contribution in [2.45, 2.75) is 134 Å². The van der Waals surface area contributed by atoms with Gasteiger partial charge in [-0.1, -0.05) is 56.4 Å². The van der Waals surface area contributed by atoms with Crippen LogP contribution in [0.15, 0.2) is 78.2 Å². The lowest BCUT2D eigenvalue weighted by atomic mass is 10.0. The maximum Gasteiger partial charge on any atom is 0.410 e. The number of hydrogen-bond donors (Lipinski definition) is 10. The first-order chi connectivity index (χ1) is 42.1. The number of nitrogens with one attached hydrogen (secondary N) is 6. The topological polar surface area (TPSA) is 413 Å². The molecule has 31 nitrogen and oxygen atoms in total. The van der Waals surface area contributed by atoms with Crippen LogP contribution in [0, 0.1) is 11.8 Å². The van der Waals surface area contributed by atoms with Crippen LogP contribution < -0.4 is 42.6 Å². The van der Waals surface area contributed by atoms with Gasteiger partial charge < -0.3 is 74.4 Å². The summed E-state index contributed by atoms with van der Waals surface area (Å²) in [5.41, 5.74) is 4.50. The first-order valence-corrected chi connectivity index (χ1v) is 33.4. The second-order valence-corrected chi connectivity index (χ2v) is 28.1. The number of anilines is 2. The molecule has 10 N–H and O–H groups in total. The molecular weight excluding hydrogens is 1240 g/mol. The predicted molar refractivity (Wildman–Crippen MR) is 324 cm³/mol. The number of carbonyl (C=O) groups excluding carboxylic acids is 6. The molecule has 89 heavy (non-hydrogen) atoms. The Morgan fingerprint density at radius 1 is 0.989 bits per heavy atom. The Balaban J connectivity index is 0.882. The van der Waals surface area contributed by atoms with Crippen LogP contribution in [-0.2, 0) is 71.4 Å². The van der Waals surface area contributed by atoms with Gasteiger partial charge in [-0.15, -0.1) is 0 Å². The number of fused-ring (bicyclic) bond motifs is 4. The minimum absolute atomic E-state index is 0.0852. The van der Waals surface area contributed by atoms with Crippen molar-refractivity contribution in [3.8, 4) is 5.88 Å². The van der Waals surface area contributed by atoms with E-state index in [1.54, 1.807) is 83.1 Å². The van der Waals surface area contributed by atoms with Crippen molar-refractivity contribution in [3.63, 3.8) is 0 Å². The standard InChI is InChI=1S/C54H71N13O18P2S2/c1-29(2)40(62-52(74)83-54(3,4)5)47(71)61-36(12-9-19-57-50(55)73)46(70)60-33-15-13-30(14-16-33)25-78-53(75)66(6)24-32-10-7-8-11-35(32)45(69)64-51-63-44-41(48(72)65-51)59-28-67(44)49-43-42(68)38(82-49)26-80-87(77,89)84-37-23-34(81-39-17-20-56-27-58-39)22-31(37)18-21-79-86(76,88)85-43/h7-8,10-11,13-17,20,27-29,31,34,36-38,40,42-43,49,68H,9,12,18-19,21-26H2,1-6H3,(H,60,70)(H,61,71)(H,62,74)(H,76,88)(H,77,89)(H3,55,57,73)(H2,63,64,65,69,72)/t31-,34+,36-,37-,38+,40-,42+,43+,49+,86?,87?/m0/s1. The summed E-state index contributed by atoms with van der Waals surface area (Å²) in [4.78, 5) is 124. The smallest absolute Gasteiger partial charge is 0.410 e. The molecule has 7 amide bonds. The van der Waals surface area contributed by atoms with Gasteiger partial charge in [0.05, 0.1) is 25.6 Å². The van der Waals surface area contributed by atoms with Crippen molar-refractivity contribution < 1.29 is 80.4 Å². The summed E-state index contributed by atoms with van der Waals surface area (Å²) >= 11 is 9.64. The molecule has 2 bridgehead atoms. The number of rotatable bonds is 19. The quantitative estimate of drug-likeness (QED) is 0.0297. The molecule has 482 valence electrons. The van der Waals surface area contributed by atoms with Crippen LogP contribution in [0.25, 0.3) is 11.2 Å². The van der Waals surface area contributed by atoms with Gasteiger partial charge in [-0.05, 0) is 99.4 Å². The minimum Gasteiger partial charge on any atom is -0.474 e. The highest BCUT2D eigenvalue weighted by Crippen LogP contribution is 2.58. The molecule has 2 aromatic carbocycles. The second-order valence-electron chi connectivity index (χ2n) is 22.5. The van der Waals surface area contributed by atoms with Crippen LogP contribution in [0.2, 0.25) is 0 Å². The van der Waals surface area contributed by atoms with Gasteiger partial charge in [-0.25, -0.2) is 33.9 Å². The number of benzene rings is 2. The Labute approximate surface area is 520 Å². The van der Waals surface area contributed by atoms with Crippen LogP contribution in [0.1, 0.15) is 94.4 Å². The number of aromatic amines is 1. The van der Waals surface area contributed by atoms with Crippen LogP contribution in [0.4, 0.5) is 26.0 Å². The molecular formula is C54H71N13O18P2S2. The summed E-state index contributed by atoms with van der Waals surface area (Å²) in [6.07, 6.45) is -3.30. The number of alkyl carbamates (subject to hydrolysis) is 1. The number of imidazole rings is 1. The Kier molecular flexibility index (Phi) is 22.6. The zero-order valence-electron chi connectivity index (χ0n) is 49.2. The number of aliphatic hydroxyl groups excluding tert-OH is 1. The number of aromatic nitrogens is 6. The Morgan fingerprint density at radius 2 is 1.74 bits per heavy atom. The highest BCUT2D eigenvalue weighted by atomic mass is 32.7. The number of ether oxygens (including phenoxy) is 4. The average Bonchev–Trinajstić information content (AvgIpc) is 2.05. The number of hydrogen-bond acceptors (Lipinski definition) is 22. The Morgan fingerprint density at radius 3 is 2.45 bits per heavy atom. The van der Waals surface area contributed by atoms with Crippen molar-refractivity contribution in [2.24, 2.45) is 17.6 Å². The van der Waals surface area contributed by atoms with Crippen LogP contribution in [0.5, 0.6) is 5.88 Å². The van der Waals surface area contributed by atoms with E-state index in [0.717, 1.165) is 6.33 Å². The van der Waals surface area contributed by atoms with Gasteiger partial charge in [0.1, 0.15) is 55.0 Å². The summed E-state index contributed by atoms with van der Waals surface area (Å²) in [6, 6.07) is 11.4. The largest absolute Gasteiger partial charge is 0.474 e. The van der Waals surface area contributed by atoms with E-state index < -0.39 is 116 Å². The summed E-state index contributed by atoms with van der Waals surface area (Å²) in [5.74, 6) is -2.69. The molecule has 0 spiro atoms. The Hall–Kier alpha value is -7.16. The van der Waals surface area contributed by atoms with Gasteiger partial charge in [-0.3, -0.25) is 38.6 Å². The number of aliphatic hydroxyl groups is 1. The summed E-state index contributed by atoms with van der Waals surface area (Å²) < 4.78 is 61.6. The van der Waals surface area contributed by atoms with Gasteiger partial charge in [0, 0.05) is 50.1 Å². The molecule has 5 aromatic rings. The molecule has 3 aromatic heterocycles. The molecule has 0 radical (unpaired) electrons. The maximum absolute atomic E-state index is 14.0. The van der Waals surface area contributed by atoms with Crippen LogP contribution in [-0.4, -0.2) is 155 Å². The van der Waals surface area contributed by atoms with Crippen LogP contribution >= 0.6 is 25.8 Å². The van der Waals surface area contributed by atoms with E-state index in [1.165, 1.54) is 35.1 Å². The normalized spacial score (nSPS) is 24.4. The van der Waals surface area contributed by atoms with Gasteiger partial charge in [0.15, 0.2) is 17.4 Å². The van der Waals surface area contributed by atoms with E-state index in [4.69, 9.17) is 54.6 Å². The average molecular weight is 1320 g/mol. The van der Waals surface area contributed by atoms with E-state index >= 15 is 0 Å². The number of carbonyl (C=O) groups is 6. The fourth-order valence-corrected chi connectivity index (χ4v) is 12.9. The second kappa shape index (κ2) is 29.6. The van der Waals surface area contributed by atoms with Crippen LogP contribution in [0.3, 0.4) is 0 Å². The highest BCUT2D eigenvalue weighted by molar-refractivity contribution is 8.44. The third kappa shape index (κ3) is 18.9. The fraction of sp³-hybridized carbons (Fsp3) is 0.500. The van der Waals surface area contributed by atoms with E-state index in [-0.39, 0.29) is 86.5 Å². The van der Waals surface area contributed by atoms with Gasteiger partial charge >= 0.3 is 31.7 Å². The lowest BCUT2D eigenvalue weighted by Crippen LogP contribution is -2.55. The molecule has 2 saturated heterocycles. The number of nitrogens with two attached hydrogens (primary N) is 1. The van der Waals surface area contributed by atoms with E-state index in [0.29, 0.717) is 29.1 Å². The SMILES string of the molecule is CC(C)[C@H](NC(=O)OC(C)(C)C)C(=O)N[C@@H](CCCNC(N)=O)C(=O)Nc1ccc(COC(=O)N(C)Cc2ccccc2C(=O)Nc2nc3c(ncn3[C@@H]3O[C@@H]4COP(O)(=S)O[C@H]5C[C@H](Oc6ccncn6)C[C@@H]5CCOP(=O)(S)O[C@@H]3[C@@H]4O)c(=O)[nH]2)cc1. The molecule has 3 fully saturated rings. The number of H-pyrrole nitrogens is 1. The molecule has 1 saturated carbocycles. The number of nitrogens with zero attached hydrogens (tertiary/aromatic N) is 6. The zero-order chi connectivity index (χ0) is 64.4. The monoisotopic (exact) mass is 1320 g/mol. The fourth-order valence-electron chi connectivity index (χ4n) is 9.88. The number of urea groups is 1. The molecule has 8 rings (SSSR count). The van der Waals surface area contributed by atoms with Crippen molar-refractivity contribution in [1.82, 2.24) is 50.3 Å². The molecule has 3 aliphatic rings. The summed E-state index contributed by atoms with van der Waals surface area (Å²) in [5, 5.41) is 24.7. The molecule has 35 heteroatoms. The van der Waals surface area contributed by atoms with Crippen molar-refractivity contribution in [3.05, 3.63) is 100 Å². The lowest BCUT2D eigenvalue weighted by molar-refractivity contribution is -0.128. The van der Waals surface area contributed by atoms with Crippen molar-refractivity contribution >= 4 is 96.3 Å². The zero-order valence-corrected chi connectivity index (χ0v) is 52.7. The minimum atomic E-state index is -4.31. The first-order valence-electron chi connectivity index (χ1n) is 28.2. The van der Waals surface area contributed by atoms with Crippen molar-refractivity contribution in [1.29, 1.82) is 0 Å². The summed E-state index contributed by atoms with van der Waals surface area (Å²) in [7, 11) is 1.45. The summed E-state index contributed by atoms with van der Waals surface area (Å²) in [6.45, 7) is -0.759. The number of amides is 7. The highest BCUT2D eigenvalue weighted by Gasteiger charge is 2.50. The van der Waals surface area contributed by atoms with Crippen molar-refractivity contribution in [2.75, 3.05) is 37.4 Å². The first kappa shape index (κ1) is 67.8. The van der Waals surface area contributed by atoms with E-state index in [9.17, 15) is 48.1 Å². The molecule has 2 unspecified atom stereocenters. The number of thiol groups is 1. The lowest BCUT2D eigenvalue weighted by Gasteiger charge is -2.27. The predicted octanol–water partition coefficient (Wildman–Crippen LogP) is 4.93. The number of primary amides is 1. The van der Waals surface area contributed by atoms with Gasteiger partial charge in [0.2, 0.25) is 23.6 Å². The van der Waals surface area contributed by atoms with E-state index in [1.807, 2.05) is 0 Å². The Bertz CT molecular complexity index is 3510. The third-order valence-electron chi connectivity index (χ3n) is 14.1. The molecule has 2 aliphatic heterocycles. The molecule has 11 atom stereocenters. The molecule has 1 aliphatic carbocycles. The van der Waals surface area contributed by atoms with Gasteiger partial charge in [0.25, 0.3) is 11.5 Å². The maximum atomic E-state index is 14.0. The molecule has 5 heterocycles. The van der Waals surface area contributed by atoms with E-state index in [2.05, 4.69) is 63.8 Å².